The summed E-state index contributed by atoms with van der Waals surface area (Å²) in [5, 5.41) is 4.20. The molecule has 9 heteroatoms. The zero-order chi connectivity index (χ0) is 14.3. The van der Waals surface area contributed by atoms with Gasteiger partial charge in [-0.3, -0.25) is 4.79 Å². The van der Waals surface area contributed by atoms with Crippen LogP contribution in [0.1, 0.15) is 10.5 Å². The van der Waals surface area contributed by atoms with Crippen LogP contribution in [0.3, 0.4) is 0 Å². The Balaban J connectivity index is 2.12. The Morgan fingerprint density at radius 2 is 2.20 bits per heavy atom. The minimum absolute atomic E-state index is 0.0931. The number of hydrogen-bond acceptors (Lipinski definition) is 6. The van der Waals surface area contributed by atoms with Gasteiger partial charge in [0.15, 0.2) is 17.2 Å². The number of amides is 1. The second-order valence-corrected chi connectivity index (χ2v) is 4.35. The van der Waals surface area contributed by atoms with Crippen LogP contribution in [0.5, 0.6) is 0 Å². The maximum absolute atomic E-state index is 11.8. The smallest absolute Gasteiger partial charge is 0.273 e. The Labute approximate surface area is 113 Å². The van der Waals surface area contributed by atoms with E-state index in [0.717, 1.165) is 0 Å². The number of anilines is 1. The molecule has 0 radical (unpaired) electrons. The molecule has 0 saturated heterocycles. The number of nitrogens with one attached hydrogen (secondary N) is 1. The summed E-state index contributed by atoms with van der Waals surface area (Å²) in [7, 11) is 3.33. The van der Waals surface area contributed by atoms with E-state index >= 15 is 0 Å². The predicted octanol–water partition coefficient (Wildman–Crippen LogP) is -0.177. The summed E-state index contributed by atoms with van der Waals surface area (Å²) in [6.07, 6.45) is 3.14. The van der Waals surface area contributed by atoms with Crippen molar-refractivity contribution in [1.29, 1.82) is 0 Å². The van der Waals surface area contributed by atoms with Crippen molar-refractivity contribution in [3.63, 3.8) is 0 Å². The Morgan fingerprint density at radius 3 is 2.95 bits per heavy atom. The summed E-state index contributed by atoms with van der Waals surface area (Å²) in [6.45, 7) is 0. The molecule has 0 atom stereocenters. The maximum Gasteiger partial charge on any atom is 0.273 e. The molecule has 0 fully saturated rings. The summed E-state index contributed by atoms with van der Waals surface area (Å²) in [5.74, 6) is 0.352. The number of nitrogens with two attached hydrogens (primary N) is 1. The first-order valence-corrected chi connectivity index (χ1v) is 5.80. The molecule has 0 saturated carbocycles. The van der Waals surface area contributed by atoms with Gasteiger partial charge in [-0.15, -0.1) is 0 Å². The van der Waals surface area contributed by atoms with Crippen LogP contribution in [0.2, 0.25) is 0 Å². The Kier molecular flexibility index (Phi) is 2.60. The molecule has 0 spiro atoms. The number of nitrogen functional groups attached to an aromatic ring is 1. The highest BCUT2D eigenvalue weighted by Gasteiger charge is 2.15. The molecule has 0 aliphatic carbocycles. The van der Waals surface area contributed by atoms with Crippen molar-refractivity contribution in [2.24, 2.45) is 0 Å². The van der Waals surface area contributed by atoms with E-state index in [1.807, 2.05) is 0 Å². The number of aromatic nitrogens is 6. The second kappa shape index (κ2) is 4.30. The fourth-order valence-electron chi connectivity index (χ4n) is 1.79. The lowest BCUT2D eigenvalue weighted by Crippen LogP contribution is -2.22. The molecule has 3 rings (SSSR count). The molecule has 3 aromatic rings. The van der Waals surface area contributed by atoms with Crippen LogP contribution in [-0.4, -0.2) is 54.6 Å². The number of aromatic amines is 1. The summed E-state index contributed by atoms with van der Waals surface area (Å²) in [4.78, 5) is 28.4. The van der Waals surface area contributed by atoms with Gasteiger partial charge in [0.2, 0.25) is 5.95 Å². The highest BCUT2D eigenvalue weighted by atomic mass is 16.2. The molecule has 1 amide bonds. The number of nitrogens with zero attached hydrogens (tertiary/aromatic N) is 6. The van der Waals surface area contributed by atoms with Gasteiger partial charge in [-0.25, -0.2) is 9.67 Å². The van der Waals surface area contributed by atoms with Gasteiger partial charge in [-0.05, 0) is 6.07 Å². The van der Waals surface area contributed by atoms with Crippen LogP contribution < -0.4 is 5.73 Å². The van der Waals surface area contributed by atoms with Gasteiger partial charge in [0.25, 0.3) is 5.91 Å². The standard InChI is InChI=1S/C11H12N8O/c1-18(2)10(20)6-3-4-19(17-6)9-7-8(14-5-13-7)15-11(12)16-9/h3-5H,1-2H3,(H3,12,13,14,15,16). The zero-order valence-electron chi connectivity index (χ0n) is 10.9. The van der Waals surface area contributed by atoms with E-state index in [9.17, 15) is 4.79 Å². The summed E-state index contributed by atoms with van der Waals surface area (Å²) in [5.41, 5.74) is 7.01. The van der Waals surface area contributed by atoms with Crippen molar-refractivity contribution in [3.05, 3.63) is 24.3 Å². The Morgan fingerprint density at radius 1 is 1.40 bits per heavy atom. The third-order valence-electron chi connectivity index (χ3n) is 2.72. The van der Waals surface area contributed by atoms with Crippen molar-refractivity contribution in [1.82, 2.24) is 34.6 Å². The average molecular weight is 272 g/mol. The second-order valence-electron chi connectivity index (χ2n) is 4.35. The van der Waals surface area contributed by atoms with Crippen LogP contribution in [0.15, 0.2) is 18.6 Å². The molecular weight excluding hydrogens is 260 g/mol. The van der Waals surface area contributed by atoms with Crippen LogP contribution >= 0.6 is 0 Å². The highest BCUT2D eigenvalue weighted by molar-refractivity contribution is 5.92. The van der Waals surface area contributed by atoms with E-state index < -0.39 is 0 Å². The molecular formula is C11H12N8O. The van der Waals surface area contributed by atoms with E-state index in [1.54, 1.807) is 26.4 Å². The lowest BCUT2D eigenvalue weighted by molar-refractivity contribution is 0.0821. The lowest BCUT2D eigenvalue weighted by Gasteiger charge is -2.07. The Hall–Kier alpha value is -2.97. The molecule has 9 nitrogen and oxygen atoms in total. The molecule has 102 valence electrons. The quantitative estimate of drug-likeness (QED) is 0.668. The minimum Gasteiger partial charge on any atom is -0.368 e. The van der Waals surface area contributed by atoms with Gasteiger partial charge >= 0.3 is 0 Å². The van der Waals surface area contributed by atoms with Crippen molar-refractivity contribution in [3.8, 4) is 5.82 Å². The topological polar surface area (TPSA) is 119 Å². The molecule has 0 bridgehead atoms. The summed E-state index contributed by atoms with van der Waals surface area (Å²) in [6, 6.07) is 1.61. The van der Waals surface area contributed by atoms with Crippen molar-refractivity contribution in [2.45, 2.75) is 0 Å². The predicted molar refractivity (Wildman–Crippen MR) is 71.2 cm³/mol. The fraction of sp³-hybridized carbons (Fsp3) is 0.182. The number of carbonyl (C=O) groups excluding carboxylic acids is 1. The summed E-state index contributed by atoms with van der Waals surface area (Å²) < 4.78 is 1.47. The van der Waals surface area contributed by atoms with Crippen molar-refractivity contribution >= 4 is 23.0 Å². The lowest BCUT2D eigenvalue weighted by atomic mass is 10.4. The van der Waals surface area contributed by atoms with Crippen molar-refractivity contribution in [2.75, 3.05) is 19.8 Å². The molecule has 0 aliphatic rings. The van der Waals surface area contributed by atoms with Gasteiger partial charge in [0.05, 0.1) is 6.33 Å². The number of hydrogen-bond donors (Lipinski definition) is 2. The van der Waals surface area contributed by atoms with Crippen LogP contribution in [0.25, 0.3) is 17.0 Å². The van der Waals surface area contributed by atoms with Gasteiger partial charge in [-0.2, -0.15) is 15.1 Å². The first-order chi connectivity index (χ1) is 9.56. The zero-order valence-corrected chi connectivity index (χ0v) is 10.9. The normalized spacial score (nSPS) is 10.9. The van der Waals surface area contributed by atoms with Gasteiger partial charge in [0, 0.05) is 20.3 Å². The number of carbonyl (C=O) groups is 1. The third-order valence-corrected chi connectivity index (χ3v) is 2.72. The number of imidazole rings is 1. The first kappa shape index (κ1) is 12.1. The minimum atomic E-state index is -0.188. The van der Waals surface area contributed by atoms with Crippen LogP contribution in [0, 0.1) is 0 Å². The number of rotatable bonds is 2. The highest BCUT2D eigenvalue weighted by Crippen LogP contribution is 2.16. The molecule has 3 aromatic heterocycles. The largest absolute Gasteiger partial charge is 0.368 e. The van der Waals surface area contributed by atoms with Gasteiger partial charge in [-0.1, -0.05) is 0 Å². The summed E-state index contributed by atoms with van der Waals surface area (Å²) >= 11 is 0. The van der Waals surface area contributed by atoms with E-state index in [0.29, 0.717) is 22.7 Å². The molecule has 0 unspecified atom stereocenters. The van der Waals surface area contributed by atoms with E-state index in [1.165, 1.54) is 15.9 Å². The fourth-order valence-corrected chi connectivity index (χ4v) is 1.79. The molecule has 3 heterocycles. The number of H-pyrrole nitrogens is 1. The molecule has 0 aliphatic heterocycles. The van der Waals surface area contributed by atoms with Gasteiger partial charge < -0.3 is 15.6 Å². The third kappa shape index (κ3) is 1.85. The molecule has 0 aromatic carbocycles. The van der Waals surface area contributed by atoms with Gasteiger partial charge in [0.1, 0.15) is 5.52 Å². The van der Waals surface area contributed by atoms with Crippen LogP contribution in [0.4, 0.5) is 5.95 Å². The monoisotopic (exact) mass is 272 g/mol. The maximum atomic E-state index is 11.8. The SMILES string of the molecule is CN(C)C(=O)c1ccn(-c2nc(N)nc3nc[nH]c23)n1. The Bertz CT molecular complexity index is 787. The van der Waals surface area contributed by atoms with Crippen LogP contribution in [-0.2, 0) is 0 Å². The van der Waals surface area contributed by atoms with Crippen molar-refractivity contribution < 1.29 is 4.79 Å². The number of fused-ring (bicyclic) bond motifs is 1. The molecule has 3 N–H and O–H groups in total. The molecule has 20 heavy (non-hydrogen) atoms. The van der Waals surface area contributed by atoms with E-state index in [2.05, 4.69) is 25.0 Å². The van der Waals surface area contributed by atoms with E-state index in [-0.39, 0.29) is 11.9 Å². The average Bonchev–Trinajstić information content (AvgIpc) is 3.05. The van der Waals surface area contributed by atoms with E-state index in [4.69, 9.17) is 5.73 Å². The first-order valence-electron chi connectivity index (χ1n) is 5.80.